The molecule has 6 rings (SSSR count). The van der Waals surface area contributed by atoms with Gasteiger partial charge in [-0.25, -0.2) is 0 Å². The summed E-state index contributed by atoms with van der Waals surface area (Å²) in [6.45, 7) is 2.78. The Morgan fingerprint density at radius 3 is 2.84 bits per heavy atom. The van der Waals surface area contributed by atoms with E-state index in [1.807, 2.05) is 12.3 Å². The molecule has 2 aliphatic rings. The predicted octanol–water partition coefficient (Wildman–Crippen LogP) is 5.74. The van der Waals surface area contributed by atoms with Crippen molar-refractivity contribution in [1.29, 1.82) is 0 Å². The summed E-state index contributed by atoms with van der Waals surface area (Å²) in [6, 6.07) is 10.2. The van der Waals surface area contributed by atoms with Gasteiger partial charge in [0.15, 0.2) is 0 Å². The number of aromatic nitrogens is 3. The Morgan fingerprint density at radius 1 is 1.16 bits per heavy atom. The van der Waals surface area contributed by atoms with E-state index in [2.05, 4.69) is 49.6 Å². The number of nitrogens with one attached hydrogen (secondary N) is 1. The minimum absolute atomic E-state index is 0.293. The van der Waals surface area contributed by atoms with E-state index in [4.69, 9.17) is 14.1 Å². The molecule has 3 aromatic heterocycles. The summed E-state index contributed by atoms with van der Waals surface area (Å²) in [6.07, 6.45) is 7.15. The van der Waals surface area contributed by atoms with Gasteiger partial charge in [0.05, 0.1) is 0 Å². The van der Waals surface area contributed by atoms with Crippen LogP contribution >= 0.6 is 34.6 Å². The number of nitrogens with zero attached hydrogens (tertiary/aromatic N) is 4. The number of thioether (sulfide) groups is 1. The van der Waals surface area contributed by atoms with Crippen molar-refractivity contribution in [2.45, 2.75) is 24.2 Å². The van der Waals surface area contributed by atoms with E-state index in [1.54, 1.807) is 35.2 Å². The summed E-state index contributed by atoms with van der Waals surface area (Å²) in [5.74, 6) is 2.51. The molecule has 0 atom stereocenters. The van der Waals surface area contributed by atoms with Gasteiger partial charge in [-0.3, -0.25) is 0 Å². The van der Waals surface area contributed by atoms with Crippen molar-refractivity contribution < 1.29 is 9.13 Å². The molecule has 1 N–H and O–H groups in total. The molecule has 0 unspecified atom stereocenters. The maximum atomic E-state index is 13.5. The normalized spacial score (nSPS) is 16.9. The second kappa shape index (κ2) is 11.3. The minimum atomic E-state index is -0.293. The molecule has 2 aliphatic heterocycles. The number of allylic oxidation sites excluding steroid dienone is 1. The molecule has 11 heteroatoms. The van der Waals surface area contributed by atoms with E-state index < -0.39 is 0 Å². The van der Waals surface area contributed by atoms with E-state index in [-0.39, 0.29) is 5.82 Å². The first-order chi connectivity index (χ1) is 18.1. The van der Waals surface area contributed by atoms with Crippen molar-refractivity contribution in [2.24, 2.45) is 5.92 Å². The Bertz CT molecular complexity index is 1460. The van der Waals surface area contributed by atoms with Crippen LogP contribution < -0.4 is 15.0 Å². The Labute approximate surface area is 235 Å². The fraction of sp³-hybridized carbons (Fsp3) is 0.269. The number of ether oxygens (including phenoxy) is 1. The number of pyridine rings is 1. The van der Waals surface area contributed by atoms with E-state index >= 15 is 0 Å². The second-order valence-electron chi connectivity index (χ2n) is 8.88. The molecule has 0 spiro atoms. The third kappa shape index (κ3) is 5.78. The standard InChI is InChI=1S/C26H23AsFN5OS3/c27-25-21(34-18-3-1-17(28)2-4-18)14-19(36-22-7-11-30-20-8-12-35-24(20)22)15-33(25)26-31-23(32-37-26)13-16-5-9-29-10-6-16/h1-4,7-8,11-12,14,16,29H,5-6,9-10,13,15H2. The summed E-state index contributed by atoms with van der Waals surface area (Å²) in [7, 11) is 0. The van der Waals surface area contributed by atoms with Gasteiger partial charge in [-0.15, -0.1) is 0 Å². The zero-order valence-corrected chi connectivity index (χ0v) is 24.1. The van der Waals surface area contributed by atoms with Gasteiger partial charge in [0.1, 0.15) is 0 Å². The van der Waals surface area contributed by atoms with Gasteiger partial charge in [0, 0.05) is 0 Å². The number of rotatable bonds is 7. The molecule has 2 radical (unpaired) electrons. The average molecular weight is 612 g/mol. The number of piperidine rings is 1. The molecule has 1 aromatic carbocycles. The Kier molecular flexibility index (Phi) is 7.62. The zero-order valence-electron chi connectivity index (χ0n) is 19.8. The summed E-state index contributed by atoms with van der Waals surface area (Å²) in [5.41, 5.74) is 1.00. The van der Waals surface area contributed by atoms with Crippen LogP contribution in [-0.2, 0) is 6.42 Å². The van der Waals surface area contributed by atoms with Crippen LogP contribution in [0.25, 0.3) is 10.2 Å². The predicted molar refractivity (Wildman–Crippen MR) is 150 cm³/mol. The first-order valence-corrected chi connectivity index (χ1v) is 15.4. The molecule has 188 valence electrons. The Morgan fingerprint density at radius 2 is 2.00 bits per heavy atom. The van der Waals surface area contributed by atoms with Crippen molar-refractivity contribution in [3.63, 3.8) is 0 Å². The zero-order chi connectivity index (χ0) is 25.2. The quantitative estimate of drug-likeness (QED) is 0.268. The van der Waals surface area contributed by atoms with Crippen molar-refractivity contribution in [1.82, 2.24) is 19.7 Å². The molecule has 0 amide bonds. The molecule has 1 fully saturated rings. The van der Waals surface area contributed by atoms with E-state index in [9.17, 15) is 4.39 Å². The van der Waals surface area contributed by atoms with Gasteiger partial charge in [0.2, 0.25) is 0 Å². The average Bonchev–Trinajstić information content (AvgIpc) is 3.58. The summed E-state index contributed by atoms with van der Waals surface area (Å²) in [4.78, 5) is 13.8. The van der Waals surface area contributed by atoms with Crippen LogP contribution in [-0.4, -0.2) is 50.8 Å². The van der Waals surface area contributed by atoms with Crippen LogP contribution in [0.15, 0.2) is 74.1 Å². The van der Waals surface area contributed by atoms with Crippen molar-refractivity contribution >= 4 is 66.8 Å². The fourth-order valence-electron chi connectivity index (χ4n) is 4.40. The molecule has 0 aliphatic carbocycles. The maximum absolute atomic E-state index is 13.5. The van der Waals surface area contributed by atoms with Gasteiger partial charge in [-0.1, -0.05) is 0 Å². The Balaban J connectivity index is 1.30. The van der Waals surface area contributed by atoms with Gasteiger partial charge >= 0.3 is 237 Å². The van der Waals surface area contributed by atoms with E-state index in [0.29, 0.717) is 24.0 Å². The SMILES string of the molecule is Fc1ccc(OC2=C([As])N(c3nc(CC4CCNCC4)ns3)CC(Sc3ccnc4ccsc34)=C2)cc1. The third-order valence-corrected chi connectivity index (χ3v) is 10.2. The topological polar surface area (TPSA) is 63.2 Å². The van der Waals surface area contributed by atoms with E-state index in [1.165, 1.54) is 28.4 Å². The third-order valence-electron chi connectivity index (χ3n) is 6.29. The summed E-state index contributed by atoms with van der Waals surface area (Å²) in [5, 5.41) is 6.34. The molecule has 6 nitrogen and oxygen atoms in total. The van der Waals surface area contributed by atoms with Crippen LogP contribution in [0, 0.1) is 11.7 Å². The number of benzene rings is 1. The van der Waals surface area contributed by atoms with Gasteiger partial charge < -0.3 is 0 Å². The van der Waals surface area contributed by atoms with Crippen LogP contribution in [0.2, 0.25) is 0 Å². The first-order valence-electron chi connectivity index (χ1n) is 12.0. The monoisotopic (exact) mass is 611 g/mol. The molecular formula is C26H23AsFN5OS3. The van der Waals surface area contributed by atoms with Crippen molar-refractivity contribution in [3.05, 3.63) is 80.8 Å². The number of hydrogen-bond acceptors (Lipinski definition) is 9. The number of fused-ring (bicyclic) bond motifs is 1. The van der Waals surface area contributed by atoms with Crippen molar-refractivity contribution in [2.75, 3.05) is 24.5 Å². The van der Waals surface area contributed by atoms with Gasteiger partial charge in [0.25, 0.3) is 0 Å². The summed E-state index contributed by atoms with van der Waals surface area (Å²) < 4.78 is 26.5. The molecule has 4 aromatic rings. The van der Waals surface area contributed by atoms with Gasteiger partial charge in [-0.05, 0) is 0 Å². The number of hydrogen-bond donors (Lipinski definition) is 1. The summed E-state index contributed by atoms with van der Waals surface area (Å²) >= 11 is 7.44. The fourth-order valence-corrected chi connectivity index (χ4v) is 7.82. The Hall–Kier alpha value is -2.23. The first kappa shape index (κ1) is 25.1. The molecule has 5 heterocycles. The van der Waals surface area contributed by atoms with Crippen LogP contribution in [0.3, 0.4) is 0 Å². The molecule has 1 saturated heterocycles. The molecule has 0 bridgehead atoms. The number of thiophene rings is 1. The van der Waals surface area contributed by atoms with Crippen molar-refractivity contribution in [3.8, 4) is 5.75 Å². The molecular weight excluding hydrogens is 588 g/mol. The number of anilines is 1. The van der Waals surface area contributed by atoms with Crippen LogP contribution in [0.4, 0.5) is 9.52 Å². The van der Waals surface area contributed by atoms with Gasteiger partial charge in [-0.2, -0.15) is 0 Å². The van der Waals surface area contributed by atoms with E-state index in [0.717, 1.165) is 63.1 Å². The molecule has 37 heavy (non-hydrogen) atoms. The number of halogens is 1. The van der Waals surface area contributed by atoms with Crippen LogP contribution in [0.1, 0.15) is 18.7 Å². The van der Waals surface area contributed by atoms with Crippen LogP contribution in [0.5, 0.6) is 5.75 Å². The molecule has 0 saturated carbocycles. The second-order valence-corrected chi connectivity index (χ2v) is 12.6.